The summed E-state index contributed by atoms with van der Waals surface area (Å²) in [5.74, 6) is -0.240. The van der Waals surface area contributed by atoms with Gasteiger partial charge in [-0.1, -0.05) is 23.9 Å². The van der Waals surface area contributed by atoms with Crippen LogP contribution in [0.4, 0.5) is 13.2 Å². The molecule has 1 atom stereocenters. The third-order valence-corrected chi connectivity index (χ3v) is 5.37. The molecule has 1 aromatic heterocycles. The number of halogens is 3. The van der Waals surface area contributed by atoms with Gasteiger partial charge in [-0.15, -0.1) is 13.2 Å². The highest BCUT2D eigenvalue weighted by atomic mass is 32.2. The average Bonchev–Trinajstić information content (AvgIpc) is 3.15. The van der Waals surface area contributed by atoms with Crippen LogP contribution in [0.1, 0.15) is 40.9 Å². The molecule has 1 fully saturated rings. The van der Waals surface area contributed by atoms with E-state index in [-0.39, 0.29) is 16.9 Å². The lowest BCUT2D eigenvalue weighted by Gasteiger charge is -2.15. The molecule has 1 amide bonds. The number of aromatic nitrogens is 1. The van der Waals surface area contributed by atoms with E-state index in [0.717, 1.165) is 36.5 Å². The smallest absolute Gasteiger partial charge is 0.406 e. The van der Waals surface area contributed by atoms with Gasteiger partial charge in [-0.25, -0.2) is 4.98 Å². The second kappa shape index (κ2) is 8.21. The standard InChI is InChI=1S/C19H19F3N2O2S/c1-13(14-4-7-16(8-5-14)26-19(20,21)22)27-17-9-6-15(12-23-17)18(25)24-10-2-3-11-24/h4-9,12-13H,2-3,10-11H2,1H3. The lowest BCUT2D eigenvalue weighted by Crippen LogP contribution is -2.27. The fourth-order valence-corrected chi connectivity index (χ4v) is 3.78. The highest BCUT2D eigenvalue weighted by molar-refractivity contribution is 7.99. The van der Waals surface area contributed by atoms with Crippen molar-refractivity contribution in [2.75, 3.05) is 13.1 Å². The van der Waals surface area contributed by atoms with E-state index in [1.165, 1.54) is 23.9 Å². The normalized spacial score (nSPS) is 15.6. The number of amides is 1. The fourth-order valence-electron chi connectivity index (χ4n) is 2.87. The molecule has 1 aliphatic heterocycles. The Balaban J connectivity index is 1.60. The maximum absolute atomic E-state index is 12.3. The summed E-state index contributed by atoms with van der Waals surface area (Å²) in [6.07, 6.45) is -1.04. The Kier molecular flexibility index (Phi) is 5.94. The molecule has 2 aromatic rings. The molecule has 0 aliphatic carbocycles. The number of pyridine rings is 1. The zero-order valence-electron chi connectivity index (χ0n) is 14.7. The first-order valence-corrected chi connectivity index (χ1v) is 9.47. The molecule has 1 saturated heterocycles. The molecule has 8 heteroatoms. The minimum Gasteiger partial charge on any atom is -0.406 e. The molecule has 27 heavy (non-hydrogen) atoms. The summed E-state index contributed by atoms with van der Waals surface area (Å²) >= 11 is 1.47. The largest absolute Gasteiger partial charge is 0.573 e. The zero-order valence-corrected chi connectivity index (χ0v) is 15.5. The van der Waals surface area contributed by atoms with Crippen LogP contribution < -0.4 is 4.74 Å². The number of ether oxygens (including phenoxy) is 1. The Morgan fingerprint density at radius 1 is 1.15 bits per heavy atom. The van der Waals surface area contributed by atoms with Crippen molar-refractivity contribution in [3.05, 3.63) is 53.7 Å². The highest BCUT2D eigenvalue weighted by Crippen LogP contribution is 2.35. The second-order valence-corrected chi connectivity index (χ2v) is 7.62. The molecule has 144 valence electrons. The SMILES string of the molecule is CC(Sc1ccc(C(=O)N2CCCC2)cn1)c1ccc(OC(F)(F)F)cc1. The monoisotopic (exact) mass is 396 g/mol. The molecule has 4 nitrogen and oxygen atoms in total. The number of hydrogen-bond donors (Lipinski definition) is 0. The van der Waals surface area contributed by atoms with Crippen LogP contribution in [0.2, 0.25) is 0 Å². The van der Waals surface area contributed by atoms with Gasteiger partial charge in [0.2, 0.25) is 0 Å². The molecule has 1 aliphatic rings. The summed E-state index contributed by atoms with van der Waals surface area (Å²) in [5, 5.41) is 0.730. The maximum atomic E-state index is 12.3. The van der Waals surface area contributed by atoms with Gasteiger partial charge in [0.05, 0.1) is 10.6 Å². The first kappa shape index (κ1) is 19.5. The lowest BCUT2D eigenvalue weighted by molar-refractivity contribution is -0.274. The lowest BCUT2D eigenvalue weighted by atomic mass is 10.1. The molecular formula is C19H19F3N2O2S. The molecule has 0 radical (unpaired) electrons. The van der Waals surface area contributed by atoms with Crippen molar-refractivity contribution in [2.24, 2.45) is 0 Å². The maximum Gasteiger partial charge on any atom is 0.573 e. The van der Waals surface area contributed by atoms with Crippen molar-refractivity contribution in [3.8, 4) is 5.75 Å². The minimum atomic E-state index is -4.69. The number of thioether (sulfide) groups is 1. The molecule has 1 aromatic carbocycles. The number of rotatable bonds is 5. The predicted molar refractivity (Wildman–Crippen MR) is 96.8 cm³/mol. The molecule has 0 N–H and O–H groups in total. The van der Waals surface area contributed by atoms with Crippen LogP contribution >= 0.6 is 11.8 Å². The van der Waals surface area contributed by atoms with E-state index in [4.69, 9.17) is 0 Å². The second-order valence-electron chi connectivity index (χ2n) is 6.26. The molecular weight excluding hydrogens is 377 g/mol. The molecule has 2 heterocycles. The Labute approximate surface area is 159 Å². The van der Waals surface area contributed by atoms with Crippen LogP contribution in [0, 0.1) is 0 Å². The first-order chi connectivity index (χ1) is 12.8. The Morgan fingerprint density at radius 2 is 1.81 bits per heavy atom. The topological polar surface area (TPSA) is 42.4 Å². The fraction of sp³-hybridized carbons (Fsp3) is 0.368. The van der Waals surface area contributed by atoms with E-state index >= 15 is 0 Å². The van der Waals surface area contributed by atoms with Crippen molar-refractivity contribution in [2.45, 2.75) is 36.4 Å². The molecule has 0 spiro atoms. The number of carbonyl (C=O) groups excluding carboxylic acids is 1. The van der Waals surface area contributed by atoms with E-state index in [0.29, 0.717) is 5.56 Å². The van der Waals surface area contributed by atoms with Crippen molar-refractivity contribution in [3.63, 3.8) is 0 Å². The van der Waals surface area contributed by atoms with Crippen LogP contribution in [0.15, 0.2) is 47.6 Å². The van der Waals surface area contributed by atoms with E-state index < -0.39 is 6.36 Å². The Bertz CT molecular complexity index is 773. The van der Waals surface area contributed by atoms with Crippen LogP contribution in [-0.2, 0) is 0 Å². The summed E-state index contributed by atoms with van der Waals surface area (Å²) in [7, 11) is 0. The van der Waals surface area contributed by atoms with E-state index in [9.17, 15) is 18.0 Å². The number of alkyl halides is 3. The number of carbonyl (C=O) groups is 1. The molecule has 0 saturated carbocycles. The van der Waals surface area contributed by atoms with Gasteiger partial charge in [-0.2, -0.15) is 0 Å². The van der Waals surface area contributed by atoms with Gasteiger partial charge in [-0.05, 0) is 49.6 Å². The van der Waals surface area contributed by atoms with Gasteiger partial charge in [0.1, 0.15) is 5.75 Å². The van der Waals surface area contributed by atoms with Crippen molar-refractivity contribution >= 4 is 17.7 Å². The summed E-state index contributed by atoms with van der Waals surface area (Å²) < 4.78 is 40.5. The highest BCUT2D eigenvalue weighted by Gasteiger charge is 2.31. The number of nitrogens with zero attached hydrogens (tertiary/aromatic N) is 2. The van der Waals surface area contributed by atoms with Gasteiger partial charge < -0.3 is 9.64 Å². The van der Waals surface area contributed by atoms with Gasteiger partial charge in [0.15, 0.2) is 0 Å². The zero-order chi connectivity index (χ0) is 19.4. The van der Waals surface area contributed by atoms with Crippen molar-refractivity contribution < 1.29 is 22.7 Å². The summed E-state index contributed by atoms with van der Waals surface area (Å²) in [6.45, 7) is 3.52. The molecule has 3 rings (SSSR count). The third-order valence-electron chi connectivity index (χ3n) is 4.26. The summed E-state index contributed by atoms with van der Waals surface area (Å²) in [6, 6.07) is 9.36. The predicted octanol–water partition coefficient (Wildman–Crippen LogP) is 5.07. The van der Waals surface area contributed by atoms with Crippen LogP contribution in [0.25, 0.3) is 0 Å². The van der Waals surface area contributed by atoms with E-state index in [1.54, 1.807) is 30.5 Å². The van der Waals surface area contributed by atoms with Crippen molar-refractivity contribution in [1.29, 1.82) is 0 Å². The average molecular weight is 396 g/mol. The van der Waals surface area contributed by atoms with Crippen molar-refractivity contribution in [1.82, 2.24) is 9.88 Å². The minimum absolute atomic E-state index is 0.00449. The van der Waals surface area contributed by atoms with Crippen LogP contribution in [0.5, 0.6) is 5.75 Å². The quantitative estimate of drug-likeness (QED) is 0.662. The molecule has 1 unspecified atom stereocenters. The Morgan fingerprint density at radius 3 is 2.37 bits per heavy atom. The number of likely N-dealkylation sites (tertiary alicyclic amines) is 1. The van der Waals surface area contributed by atoms with Gasteiger partial charge in [0.25, 0.3) is 5.91 Å². The summed E-state index contributed by atoms with van der Waals surface area (Å²) in [4.78, 5) is 18.5. The number of hydrogen-bond acceptors (Lipinski definition) is 4. The summed E-state index contributed by atoms with van der Waals surface area (Å²) in [5.41, 5.74) is 1.43. The van der Waals surface area contributed by atoms with E-state index in [1.807, 2.05) is 11.8 Å². The van der Waals surface area contributed by atoms with Crippen LogP contribution in [0.3, 0.4) is 0 Å². The Hall–Kier alpha value is -2.22. The van der Waals surface area contributed by atoms with Crippen LogP contribution in [-0.4, -0.2) is 35.2 Å². The molecule has 0 bridgehead atoms. The number of benzene rings is 1. The van der Waals surface area contributed by atoms with Gasteiger partial charge in [-0.3, -0.25) is 4.79 Å². The van der Waals surface area contributed by atoms with Gasteiger partial charge >= 0.3 is 6.36 Å². The third kappa shape index (κ3) is 5.38. The van der Waals surface area contributed by atoms with E-state index in [2.05, 4.69) is 9.72 Å². The first-order valence-electron chi connectivity index (χ1n) is 8.59. The van der Waals surface area contributed by atoms with Gasteiger partial charge in [0, 0.05) is 24.5 Å².